The zero-order valence-electron chi connectivity index (χ0n) is 12.9. The van der Waals surface area contributed by atoms with Crippen LogP contribution in [0.5, 0.6) is 0 Å². The third kappa shape index (κ3) is 4.51. The zero-order chi connectivity index (χ0) is 17.5. The van der Waals surface area contributed by atoms with Gasteiger partial charge in [0.1, 0.15) is 0 Å². The molecule has 0 saturated heterocycles. The molecule has 7 nitrogen and oxygen atoms in total. The molecule has 0 heterocycles. The quantitative estimate of drug-likeness (QED) is 0.501. The van der Waals surface area contributed by atoms with Gasteiger partial charge >= 0.3 is 0 Å². The average Bonchev–Trinajstić information content (AvgIpc) is 2.60. The number of amides is 2. The zero-order valence-corrected chi connectivity index (χ0v) is 12.9. The van der Waals surface area contributed by atoms with E-state index in [1.807, 2.05) is 0 Å². The molecule has 2 rings (SSSR count). The number of rotatable bonds is 5. The van der Waals surface area contributed by atoms with E-state index in [-0.39, 0.29) is 17.5 Å². The monoisotopic (exact) mass is 325 g/mol. The highest BCUT2D eigenvalue weighted by Gasteiger charge is 2.05. The average molecular weight is 325 g/mol. The van der Waals surface area contributed by atoms with E-state index in [4.69, 9.17) is 0 Å². The summed E-state index contributed by atoms with van der Waals surface area (Å²) in [6.45, 7) is 0. The molecule has 122 valence electrons. The fourth-order valence-electron chi connectivity index (χ4n) is 1.95. The van der Waals surface area contributed by atoms with Crippen molar-refractivity contribution in [2.45, 2.75) is 0 Å². The van der Waals surface area contributed by atoms with Crippen LogP contribution in [0.4, 0.5) is 11.4 Å². The fourth-order valence-corrected chi connectivity index (χ4v) is 1.95. The van der Waals surface area contributed by atoms with E-state index in [9.17, 15) is 19.7 Å². The number of anilines is 1. The summed E-state index contributed by atoms with van der Waals surface area (Å²) in [6, 6.07) is 12.4. The molecule has 0 fully saturated rings. The van der Waals surface area contributed by atoms with Gasteiger partial charge in [-0.3, -0.25) is 19.7 Å². The van der Waals surface area contributed by atoms with Crippen molar-refractivity contribution in [3.05, 3.63) is 75.8 Å². The Hall–Kier alpha value is -3.48. The van der Waals surface area contributed by atoms with Gasteiger partial charge in [0.25, 0.3) is 11.6 Å². The van der Waals surface area contributed by atoms with Crippen molar-refractivity contribution in [1.82, 2.24) is 5.32 Å². The first-order valence-electron chi connectivity index (χ1n) is 7.05. The van der Waals surface area contributed by atoms with Gasteiger partial charge in [-0.25, -0.2) is 0 Å². The topological polar surface area (TPSA) is 101 Å². The second-order valence-electron chi connectivity index (χ2n) is 4.83. The van der Waals surface area contributed by atoms with Crippen LogP contribution < -0.4 is 10.6 Å². The van der Waals surface area contributed by atoms with Crippen molar-refractivity contribution < 1.29 is 14.5 Å². The van der Waals surface area contributed by atoms with Crippen LogP contribution >= 0.6 is 0 Å². The van der Waals surface area contributed by atoms with Gasteiger partial charge < -0.3 is 10.6 Å². The van der Waals surface area contributed by atoms with Gasteiger partial charge in [-0.05, 0) is 35.9 Å². The number of nitro groups is 1. The van der Waals surface area contributed by atoms with Crippen LogP contribution in [0.2, 0.25) is 0 Å². The minimum atomic E-state index is -0.495. The number of hydrogen-bond acceptors (Lipinski definition) is 4. The number of carbonyl (C=O) groups is 2. The molecule has 2 aromatic rings. The van der Waals surface area contributed by atoms with Crippen LogP contribution in [0.25, 0.3) is 6.08 Å². The molecule has 0 aliphatic rings. The summed E-state index contributed by atoms with van der Waals surface area (Å²) in [6.07, 6.45) is 2.77. The maximum atomic E-state index is 11.9. The highest BCUT2D eigenvalue weighted by Crippen LogP contribution is 2.14. The largest absolute Gasteiger partial charge is 0.355 e. The molecule has 2 amide bonds. The summed E-state index contributed by atoms with van der Waals surface area (Å²) >= 11 is 0. The highest BCUT2D eigenvalue weighted by atomic mass is 16.6. The van der Waals surface area contributed by atoms with Gasteiger partial charge in [-0.2, -0.15) is 0 Å². The van der Waals surface area contributed by atoms with E-state index in [0.717, 1.165) is 0 Å². The van der Waals surface area contributed by atoms with Gasteiger partial charge in [0.05, 0.1) is 4.92 Å². The Bertz CT molecular complexity index is 798. The van der Waals surface area contributed by atoms with E-state index in [1.165, 1.54) is 31.3 Å². The van der Waals surface area contributed by atoms with E-state index in [0.29, 0.717) is 16.8 Å². The Morgan fingerprint density at radius 2 is 1.83 bits per heavy atom. The molecule has 0 spiro atoms. The standard InChI is InChI=1S/C17H15N3O4/c1-18-17(22)13-6-8-14(9-7-13)19-16(21)10-5-12-3-2-4-15(11-12)20(23)24/h2-11H,1H3,(H,18,22)(H,19,21). The van der Waals surface area contributed by atoms with Crippen molar-refractivity contribution in [2.75, 3.05) is 12.4 Å². The maximum absolute atomic E-state index is 11.9. The first-order chi connectivity index (χ1) is 11.5. The van der Waals surface area contributed by atoms with Gasteiger partial charge in [0, 0.05) is 36.5 Å². The fraction of sp³-hybridized carbons (Fsp3) is 0.0588. The molecule has 0 saturated carbocycles. The van der Waals surface area contributed by atoms with Crippen LogP contribution in [0.15, 0.2) is 54.6 Å². The molecule has 0 bridgehead atoms. The van der Waals surface area contributed by atoms with Gasteiger partial charge in [-0.15, -0.1) is 0 Å². The molecule has 2 aromatic carbocycles. The van der Waals surface area contributed by atoms with Crippen molar-refractivity contribution in [2.24, 2.45) is 0 Å². The summed E-state index contributed by atoms with van der Waals surface area (Å²) in [7, 11) is 1.54. The molecule has 0 atom stereocenters. The lowest BCUT2D eigenvalue weighted by molar-refractivity contribution is -0.384. The number of non-ortho nitro benzene ring substituents is 1. The lowest BCUT2D eigenvalue weighted by Gasteiger charge is -2.04. The van der Waals surface area contributed by atoms with Gasteiger partial charge in [-0.1, -0.05) is 12.1 Å². The van der Waals surface area contributed by atoms with Crippen molar-refractivity contribution >= 4 is 29.3 Å². The van der Waals surface area contributed by atoms with Gasteiger partial charge in [0.15, 0.2) is 0 Å². The molecule has 0 aromatic heterocycles. The lowest BCUT2D eigenvalue weighted by atomic mass is 10.2. The van der Waals surface area contributed by atoms with Crippen LogP contribution in [-0.4, -0.2) is 23.8 Å². The van der Waals surface area contributed by atoms with E-state index < -0.39 is 4.92 Å². The Kier molecular flexibility index (Phi) is 5.40. The van der Waals surface area contributed by atoms with Gasteiger partial charge in [0.2, 0.25) is 5.91 Å². The molecule has 7 heteroatoms. The summed E-state index contributed by atoms with van der Waals surface area (Å²) < 4.78 is 0. The van der Waals surface area contributed by atoms with Crippen LogP contribution in [0.1, 0.15) is 15.9 Å². The van der Waals surface area contributed by atoms with Crippen LogP contribution in [-0.2, 0) is 4.79 Å². The highest BCUT2D eigenvalue weighted by molar-refractivity contribution is 6.02. The molecule has 2 N–H and O–H groups in total. The second kappa shape index (κ2) is 7.68. The summed E-state index contributed by atoms with van der Waals surface area (Å²) in [4.78, 5) is 33.5. The Balaban J connectivity index is 2.01. The minimum absolute atomic E-state index is 0.0395. The smallest absolute Gasteiger partial charge is 0.270 e. The Morgan fingerprint density at radius 3 is 2.46 bits per heavy atom. The molecular formula is C17H15N3O4. The number of nitrogens with one attached hydrogen (secondary N) is 2. The molecule has 0 unspecified atom stereocenters. The van der Waals surface area contributed by atoms with E-state index in [2.05, 4.69) is 10.6 Å². The third-order valence-electron chi connectivity index (χ3n) is 3.15. The molecule has 0 aliphatic carbocycles. The Labute approximate surface area is 138 Å². The van der Waals surface area contributed by atoms with Crippen LogP contribution in [0.3, 0.4) is 0 Å². The lowest BCUT2D eigenvalue weighted by Crippen LogP contribution is -2.17. The third-order valence-corrected chi connectivity index (χ3v) is 3.15. The molecule has 0 aliphatic heterocycles. The summed E-state index contributed by atoms with van der Waals surface area (Å²) in [5.74, 6) is -0.590. The molecule has 24 heavy (non-hydrogen) atoms. The maximum Gasteiger partial charge on any atom is 0.270 e. The normalized spacial score (nSPS) is 10.4. The van der Waals surface area contributed by atoms with Crippen LogP contribution in [0, 0.1) is 10.1 Å². The number of carbonyl (C=O) groups excluding carboxylic acids is 2. The number of hydrogen-bond donors (Lipinski definition) is 2. The predicted octanol–water partition coefficient (Wildman–Crippen LogP) is 2.61. The first kappa shape index (κ1) is 16.9. The second-order valence-corrected chi connectivity index (χ2v) is 4.83. The van der Waals surface area contributed by atoms with Crippen molar-refractivity contribution in [3.8, 4) is 0 Å². The molecule has 0 radical (unpaired) electrons. The number of nitrogens with zero attached hydrogens (tertiary/aromatic N) is 1. The summed E-state index contributed by atoms with van der Waals surface area (Å²) in [5, 5.41) is 15.9. The first-order valence-corrected chi connectivity index (χ1v) is 7.05. The van der Waals surface area contributed by atoms with Crippen molar-refractivity contribution in [1.29, 1.82) is 0 Å². The number of nitro benzene ring substituents is 1. The van der Waals surface area contributed by atoms with Crippen molar-refractivity contribution in [3.63, 3.8) is 0 Å². The SMILES string of the molecule is CNC(=O)c1ccc(NC(=O)C=Cc2cccc([N+](=O)[O-])c2)cc1. The summed E-state index contributed by atoms with van der Waals surface area (Å²) in [5.41, 5.74) is 1.54. The number of benzene rings is 2. The predicted molar refractivity (Wildman–Crippen MR) is 90.6 cm³/mol. The Morgan fingerprint density at radius 1 is 1.12 bits per heavy atom. The van der Waals surface area contributed by atoms with E-state index in [1.54, 1.807) is 36.4 Å². The van der Waals surface area contributed by atoms with E-state index >= 15 is 0 Å². The molecular weight excluding hydrogens is 310 g/mol. The minimum Gasteiger partial charge on any atom is -0.355 e.